The molecule has 2 heterocycles. The molecular weight excluding hydrogens is 518 g/mol. The molecule has 0 bridgehead atoms. The summed E-state index contributed by atoms with van der Waals surface area (Å²) in [5.41, 5.74) is 5.28. The zero-order valence-corrected chi connectivity index (χ0v) is 21.0. The number of hydrogen-bond donors (Lipinski definition) is 4. The van der Waals surface area contributed by atoms with Crippen LogP contribution in [0.1, 0.15) is 49.1 Å². The number of nitro groups is 1. The number of hydrazine groups is 1. The normalized spacial score (nSPS) is 22.6. The van der Waals surface area contributed by atoms with Crippen molar-refractivity contribution in [3.63, 3.8) is 0 Å². The molecule has 5 N–H and O–H groups in total. The van der Waals surface area contributed by atoms with Crippen molar-refractivity contribution in [3.05, 3.63) is 46.0 Å². The van der Waals surface area contributed by atoms with Gasteiger partial charge in [0.15, 0.2) is 5.03 Å². The topological polar surface area (TPSA) is 210 Å². The molecule has 3 rings (SSSR count). The van der Waals surface area contributed by atoms with Gasteiger partial charge in [0.25, 0.3) is 5.96 Å². The van der Waals surface area contributed by atoms with E-state index in [0.29, 0.717) is 6.42 Å². The first-order chi connectivity index (χ1) is 21.2. The van der Waals surface area contributed by atoms with Gasteiger partial charge in [0.1, 0.15) is 17.0 Å². The number of carboxylic acids is 1. The number of rotatable bonds is 10. The van der Waals surface area contributed by atoms with E-state index in [9.17, 15) is 33.2 Å². The number of likely N-dealkylation sites (tertiary alicyclic amines) is 1. The van der Waals surface area contributed by atoms with Gasteiger partial charge in [-0.05, 0) is 56.1 Å². The lowest BCUT2D eigenvalue weighted by molar-refractivity contribution is -0.525. The first-order valence-corrected chi connectivity index (χ1v) is 12.8. The fraction of sp³-hybridized carbons (Fsp3) is 0.478. The Balaban J connectivity index is 2.14. The summed E-state index contributed by atoms with van der Waals surface area (Å²) in [6.07, 6.45) is -1.00. The zero-order chi connectivity index (χ0) is 34.9. The number of nitrogens with one attached hydrogen (secondary N) is 2. The number of carbonyl (C=O) groups excluding carboxylic acids is 1. The Bertz CT molecular complexity index is 1710. The molecule has 1 amide bonds. The molecule has 1 saturated heterocycles. The zero-order valence-electron chi connectivity index (χ0n) is 28.1. The van der Waals surface area contributed by atoms with Gasteiger partial charge in [-0.2, -0.15) is 4.72 Å². The Morgan fingerprint density at radius 2 is 2.24 bits per heavy atom. The molecule has 2 aromatic rings. The van der Waals surface area contributed by atoms with Crippen LogP contribution in [0.5, 0.6) is 0 Å². The van der Waals surface area contributed by atoms with Crippen LogP contribution in [0, 0.1) is 22.9 Å². The number of aromatic nitrogens is 1. The van der Waals surface area contributed by atoms with Crippen molar-refractivity contribution >= 4 is 38.8 Å². The molecule has 0 saturated carbocycles. The fourth-order valence-corrected chi connectivity index (χ4v) is 5.28. The summed E-state index contributed by atoms with van der Waals surface area (Å²) in [5, 5.41) is 18.7. The Morgan fingerprint density at radius 1 is 1.47 bits per heavy atom. The minimum atomic E-state index is -5.11. The van der Waals surface area contributed by atoms with Gasteiger partial charge < -0.3 is 15.7 Å². The maximum Gasteiger partial charge on any atom is 0.326 e. The number of benzene rings is 1. The van der Waals surface area contributed by atoms with Crippen LogP contribution in [-0.2, 0) is 19.6 Å². The molecule has 38 heavy (non-hydrogen) atoms. The van der Waals surface area contributed by atoms with E-state index in [0.717, 1.165) is 4.90 Å². The van der Waals surface area contributed by atoms with Crippen molar-refractivity contribution in [3.8, 4) is 0 Å². The van der Waals surface area contributed by atoms with Crippen LogP contribution >= 0.6 is 0 Å². The van der Waals surface area contributed by atoms with Gasteiger partial charge in [0, 0.05) is 28.8 Å². The third kappa shape index (κ3) is 7.13. The molecule has 1 aromatic carbocycles. The van der Waals surface area contributed by atoms with Gasteiger partial charge in [-0.25, -0.2) is 28.3 Å². The van der Waals surface area contributed by atoms with Gasteiger partial charge in [-0.3, -0.25) is 9.78 Å². The van der Waals surface area contributed by atoms with Crippen LogP contribution in [-0.4, -0.2) is 71.4 Å². The van der Waals surface area contributed by atoms with E-state index in [4.69, 9.17) is 16.7 Å². The summed E-state index contributed by atoms with van der Waals surface area (Å²) in [6, 6.07) is -6.93. The minimum absolute atomic E-state index is 0.0338. The maximum atomic E-state index is 13.9. The molecule has 1 aromatic heterocycles. The van der Waals surface area contributed by atoms with Crippen LogP contribution in [0.4, 0.5) is 0 Å². The number of nitrogens with two attached hydrogens (primary N) is 1. The number of para-hydroxylation sites is 1. The SMILES string of the molecule is [2H]c1nc2c(S(=O)(=O)N[C@@H](CCCN=C(N)N[N+](=O)[O-])C(=O)N3CC[C@@H](C)C[C@@H]3C(=O)O)c([2H])c([2H])c([2H])c2c([2H])c1C([2H])([2H])[2H]. The second kappa shape index (κ2) is 12.1. The van der Waals surface area contributed by atoms with E-state index in [1.165, 1.54) is 0 Å². The molecule has 0 unspecified atom stereocenters. The number of piperidine rings is 1. The van der Waals surface area contributed by atoms with E-state index >= 15 is 0 Å². The fourth-order valence-electron chi connectivity index (χ4n) is 3.98. The van der Waals surface area contributed by atoms with E-state index in [-0.39, 0.29) is 38.3 Å². The number of carbonyl (C=O) groups is 2. The molecule has 14 nitrogen and oxygen atoms in total. The average molecular weight is 558 g/mol. The van der Waals surface area contributed by atoms with E-state index in [1.807, 2.05) is 0 Å². The van der Waals surface area contributed by atoms with E-state index in [1.54, 1.807) is 12.3 Å². The minimum Gasteiger partial charge on any atom is -0.480 e. The van der Waals surface area contributed by atoms with E-state index in [2.05, 4.69) is 14.7 Å². The number of guanidine groups is 1. The van der Waals surface area contributed by atoms with Crippen molar-refractivity contribution in [2.24, 2.45) is 16.6 Å². The number of aliphatic imine (C=N–C) groups is 1. The highest BCUT2D eigenvalue weighted by Gasteiger charge is 2.39. The number of sulfonamides is 1. The number of aliphatic carboxylic acids is 1. The second-order valence-corrected chi connectivity index (χ2v) is 10.3. The number of amides is 1. The van der Waals surface area contributed by atoms with Crippen LogP contribution in [0.3, 0.4) is 0 Å². The molecule has 206 valence electrons. The largest absolute Gasteiger partial charge is 0.480 e. The highest BCUT2D eigenvalue weighted by Crippen LogP contribution is 2.26. The summed E-state index contributed by atoms with van der Waals surface area (Å²) in [7, 11) is -5.11. The molecule has 1 aliphatic rings. The van der Waals surface area contributed by atoms with Crippen LogP contribution in [0.25, 0.3) is 10.9 Å². The summed E-state index contributed by atoms with van der Waals surface area (Å²) < 4.78 is 94.1. The van der Waals surface area contributed by atoms with Crippen molar-refractivity contribution in [1.29, 1.82) is 0 Å². The number of pyridine rings is 1. The molecule has 0 aliphatic carbocycles. The summed E-state index contributed by atoms with van der Waals surface area (Å²) in [4.78, 5) is 43.6. The van der Waals surface area contributed by atoms with Crippen molar-refractivity contribution < 1.29 is 39.1 Å². The molecule has 0 radical (unpaired) electrons. The van der Waals surface area contributed by atoms with Gasteiger partial charge in [-0.1, -0.05) is 24.4 Å². The average Bonchev–Trinajstić information content (AvgIpc) is 2.91. The van der Waals surface area contributed by atoms with Crippen LogP contribution in [0.2, 0.25) is 0 Å². The van der Waals surface area contributed by atoms with Gasteiger partial charge in [0.05, 0.1) is 12.4 Å². The highest BCUT2D eigenvalue weighted by atomic mass is 32.2. The lowest BCUT2D eigenvalue weighted by Crippen LogP contribution is -2.56. The van der Waals surface area contributed by atoms with Crippen molar-refractivity contribution in [2.45, 2.75) is 56.4 Å². The third-order valence-corrected chi connectivity index (χ3v) is 7.21. The van der Waals surface area contributed by atoms with Crippen LogP contribution < -0.4 is 15.9 Å². The molecule has 0 spiro atoms. The first kappa shape index (κ1) is 19.3. The predicted molar refractivity (Wildman–Crippen MR) is 138 cm³/mol. The molecule has 3 atom stereocenters. The predicted octanol–water partition coefficient (Wildman–Crippen LogP) is 0.778. The number of carboxylic acid groups (broad SMARTS) is 1. The van der Waals surface area contributed by atoms with E-state index < -0.39 is 104 Å². The standard InChI is InChI=1S/C23H31N7O7S/c1-14-8-10-29(18(12-14)22(32)33)21(31)17(6-4-9-25-23(24)27-30(34)35)28-38(36,37)19-7-3-5-16-11-15(2)13-26-20(16)19/h3,5,7,11,13-14,17-18,28H,4,6,8-10,12H2,1-2H3,(H,32,33)(H3,24,25,27)/t14-,17+,18-/m1/s1/i2D3,3D,5D,7D,11D,13D. The third-order valence-electron chi connectivity index (χ3n) is 5.78. The highest BCUT2D eigenvalue weighted by molar-refractivity contribution is 7.89. The van der Waals surface area contributed by atoms with Gasteiger partial charge in [-0.15, -0.1) is 0 Å². The summed E-state index contributed by atoms with van der Waals surface area (Å²) >= 11 is 0. The van der Waals surface area contributed by atoms with Gasteiger partial charge in [0.2, 0.25) is 15.9 Å². The Hall–Kier alpha value is -3.85. The Morgan fingerprint density at radius 3 is 2.92 bits per heavy atom. The lowest BCUT2D eigenvalue weighted by atomic mass is 9.91. The number of hydrogen-bond acceptors (Lipinski definition) is 8. The number of fused-ring (bicyclic) bond motifs is 1. The molecular formula is C23H31N7O7S. The first-order valence-electron chi connectivity index (χ1n) is 15.4. The molecule has 1 fully saturated rings. The van der Waals surface area contributed by atoms with Crippen molar-refractivity contribution in [1.82, 2.24) is 20.0 Å². The van der Waals surface area contributed by atoms with Crippen LogP contribution in [0.15, 0.2) is 40.2 Å². The smallest absolute Gasteiger partial charge is 0.326 e. The Labute approximate surface area is 230 Å². The number of nitrogens with zero attached hydrogens (tertiary/aromatic N) is 4. The summed E-state index contributed by atoms with van der Waals surface area (Å²) in [5.74, 6) is -2.92. The molecule has 1 aliphatic heterocycles. The van der Waals surface area contributed by atoms with Gasteiger partial charge >= 0.3 is 5.97 Å². The Kier molecular flexibility index (Phi) is 6.15. The quantitative estimate of drug-likeness (QED) is 0.106. The lowest BCUT2D eigenvalue weighted by Gasteiger charge is -2.38. The second-order valence-electron chi connectivity index (χ2n) is 8.62. The monoisotopic (exact) mass is 557 g/mol. The summed E-state index contributed by atoms with van der Waals surface area (Å²) in [6.45, 7) is -1.54. The molecule has 15 heteroatoms. The maximum absolute atomic E-state index is 13.9. The van der Waals surface area contributed by atoms with Crippen molar-refractivity contribution in [2.75, 3.05) is 13.1 Å².